The molecule has 1 aromatic carbocycles. The molecule has 0 spiro atoms. The summed E-state index contributed by atoms with van der Waals surface area (Å²) in [5.41, 5.74) is 5.42. The van der Waals surface area contributed by atoms with Gasteiger partial charge in [0.25, 0.3) is 5.91 Å². The molecule has 4 atom stereocenters. The van der Waals surface area contributed by atoms with Gasteiger partial charge in [0.2, 0.25) is 17.6 Å². The zero-order valence-electron chi connectivity index (χ0n) is 27.0. The molecule has 1 aromatic rings. The third kappa shape index (κ3) is 8.18. The average molecular weight is 610 g/mol. The molecule has 0 radical (unpaired) electrons. The third-order valence-corrected chi connectivity index (χ3v) is 9.71. The van der Waals surface area contributed by atoms with Crippen LogP contribution in [0.1, 0.15) is 91.5 Å². The fourth-order valence-corrected chi connectivity index (χ4v) is 7.05. The number of carbonyl (C=O) groups excluding carboxylic acids is 5. The predicted molar refractivity (Wildman–Crippen MR) is 168 cm³/mol. The lowest BCUT2D eigenvalue weighted by Gasteiger charge is -2.38. The molecule has 1 heterocycles. The van der Waals surface area contributed by atoms with Crippen molar-refractivity contribution in [2.24, 2.45) is 28.9 Å². The molecule has 3 aliphatic rings. The van der Waals surface area contributed by atoms with Gasteiger partial charge in [-0.2, -0.15) is 0 Å². The SMILES string of the molecule is CC(C)[C@H]1CCN(C(=O)[C@@H](NC(=O)NC2(Cc3ccccc3)CCCC2)C(C)(C)C)[C@@H]1C(=O)NC(CC1CC1)C(=O)C(N)=O. The summed E-state index contributed by atoms with van der Waals surface area (Å²) in [5, 5.41) is 9.03. The summed E-state index contributed by atoms with van der Waals surface area (Å²) >= 11 is 0. The van der Waals surface area contributed by atoms with Gasteiger partial charge in [-0.3, -0.25) is 19.2 Å². The zero-order valence-corrected chi connectivity index (χ0v) is 27.0. The van der Waals surface area contributed by atoms with Gasteiger partial charge in [0.15, 0.2) is 0 Å². The molecule has 2 saturated carbocycles. The lowest BCUT2D eigenvalue weighted by molar-refractivity contribution is -0.144. The van der Waals surface area contributed by atoms with Crippen LogP contribution in [0.2, 0.25) is 0 Å². The van der Waals surface area contributed by atoms with Crippen molar-refractivity contribution in [1.82, 2.24) is 20.9 Å². The van der Waals surface area contributed by atoms with E-state index in [1.807, 2.05) is 52.8 Å². The minimum Gasteiger partial charge on any atom is -0.363 e. The highest BCUT2D eigenvalue weighted by Gasteiger charge is 2.48. The van der Waals surface area contributed by atoms with Crippen molar-refractivity contribution in [3.05, 3.63) is 35.9 Å². The van der Waals surface area contributed by atoms with Gasteiger partial charge in [-0.15, -0.1) is 0 Å². The number of nitrogens with two attached hydrogens (primary N) is 1. The summed E-state index contributed by atoms with van der Waals surface area (Å²) in [6.45, 7) is 10.1. The molecule has 5 amide bonds. The lowest BCUT2D eigenvalue weighted by atomic mass is 9.84. The highest BCUT2D eigenvalue weighted by molar-refractivity contribution is 6.37. The molecule has 3 fully saturated rings. The van der Waals surface area contributed by atoms with Crippen molar-refractivity contribution >= 4 is 29.5 Å². The van der Waals surface area contributed by atoms with Crippen molar-refractivity contribution < 1.29 is 24.0 Å². The minimum absolute atomic E-state index is 0.0850. The highest BCUT2D eigenvalue weighted by atomic mass is 16.2. The summed E-state index contributed by atoms with van der Waals surface area (Å²) in [6.07, 6.45) is 7.33. The van der Waals surface area contributed by atoms with Crippen LogP contribution in [0.25, 0.3) is 0 Å². The molecule has 10 heteroatoms. The second kappa shape index (κ2) is 13.7. The number of ketones is 1. The van der Waals surface area contributed by atoms with E-state index in [1.54, 1.807) is 4.90 Å². The van der Waals surface area contributed by atoms with Gasteiger partial charge in [-0.05, 0) is 60.8 Å². The van der Waals surface area contributed by atoms with Crippen LogP contribution in [-0.2, 0) is 25.6 Å². The molecule has 2 aliphatic carbocycles. The number of likely N-dealkylation sites (tertiary alicyclic amines) is 1. The zero-order chi connectivity index (χ0) is 32.2. The van der Waals surface area contributed by atoms with Crippen LogP contribution >= 0.6 is 0 Å². The number of hydrogen-bond acceptors (Lipinski definition) is 5. The molecule has 4 rings (SSSR count). The average Bonchev–Trinajstić information content (AvgIpc) is 3.46. The smallest absolute Gasteiger partial charge is 0.315 e. The number of primary amides is 1. The Morgan fingerprint density at radius 2 is 1.61 bits per heavy atom. The van der Waals surface area contributed by atoms with Crippen LogP contribution in [0.5, 0.6) is 0 Å². The Morgan fingerprint density at radius 3 is 2.16 bits per heavy atom. The number of urea groups is 1. The molecule has 1 unspecified atom stereocenters. The molecule has 10 nitrogen and oxygen atoms in total. The normalized spacial score (nSPS) is 22.7. The number of carbonyl (C=O) groups is 5. The molecule has 0 bridgehead atoms. The van der Waals surface area contributed by atoms with Crippen LogP contribution in [0.4, 0.5) is 4.79 Å². The first-order chi connectivity index (χ1) is 20.7. The number of amides is 5. The summed E-state index contributed by atoms with van der Waals surface area (Å²) in [4.78, 5) is 67.7. The number of nitrogens with zero attached hydrogens (tertiary/aromatic N) is 1. The van der Waals surface area contributed by atoms with Gasteiger partial charge < -0.3 is 26.6 Å². The second-order valence-corrected chi connectivity index (χ2v) is 14.7. The van der Waals surface area contributed by atoms with Crippen LogP contribution in [0.15, 0.2) is 30.3 Å². The van der Waals surface area contributed by atoms with Crippen molar-refractivity contribution in [2.45, 2.75) is 116 Å². The number of hydrogen-bond donors (Lipinski definition) is 4. The number of nitrogens with one attached hydrogen (secondary N) is 3. The number of rotatable bonds is 12. The summed E-state index contributed by atoms with van der Waals surface area (Å²) < 4.78 is 0. The van der Waals surface area contributed by atoms with E-state index in [2.05, 4.69) is 28.1 Å². The van der Waals surface area contributed by atoms with Crippen LogP contribution in [0, 0.1) is 23.2 Å². The van der Waals surface area contributed by atoms with Gasteiger partial charge in [0, 0.05) is 12.1 Å². The van der Waals surface area contributed by atoms with Gasteiger partial charge in [0.1, 0.15) is 12.1 Å². The predicted octanol–water partition coefficient (Wildman–Crippen LogP) is 3.47. The second-order valence-electron chi connectivity index (χ2n) is 14.7. The van der Waals surface area contributed by atoms with Gasteiger partial charge in [-0.1, -0.05) is 90.6 Å². The largest absolute Gasteiger partial charge is 0.363 e. The van der Waals surface area contributed by atoms with Gasteiger partial charge in [0.05, 0.1) is 6.04 Å². The Labute approximate surface area is 261 Å². The van der Waals surface area contributed by atoms with E-state index < -0.39 is 47.2 Å². The summed E-state index contributed by atoms with van der Waals surface area (Å²) in [7, 11) is 0. The van der Waals surface area contributed by atoms with E-state index >= 15 is 0 Å². The number of Topliss-reactive ketones (excluding diaryl/α,β-unsaturated/α-hetero) is 1. The minimum atomic E-state index is -1.08. The highest BCUT2D eigenvalue weighted by Crippen LogP contribution is 2.36. The Morgan fingerprint density at radius 1 is 0.977 bits per heavy atom. The fraction of sp³-hybridized carbons (Fsp3) is 0.676. The summed E-state index contributed by atoms with van der Waals surface area (Å²) in [6, 6.07) is 6.97. The fourth-order valence-electron chi connectivity index (χ4n) is 7.05. The quantitative estimate of drug-likeness (QED) is 0.268. The van der Waals surface area contributed by atoms with E-state index in [4.69, 9.17) is 5.73 Å². The van der Waals surface area contributed by atoms with Crippen LogP contribution in [0.3, 0.4) is 0 Å². The standard InChI is InChI=1S/C34H51N5O5/c1-21(2)24-15-18-39(26(24)30(42)36-25(19-22-13-14-22)27(40)29(35)41)31(43)28(33(3,4)5)37-32(44)38-34(16-9-10-17-34)20-23-11-7-6-8-12-23/h6-8,11-12,21-22,24-26,28H,9-10,13-20H2,1-5H3,(H2,35,41)(H,36,42)(H2,37,38,44)/t24-,25?,26+,28-/m1/s1. The third-order valence-electron chi connectivity index (χ3n) is 9.71. The molecule has 44 heavy (non-hydrogen) atoms. The van der Waals surface area contributed by atoms with Crippen molar-refractivity contribution in [3.8, 4) is 0 Å². The first-order valence-electron chi connectivity index (χ1n) is 16.3. The molecule has 242 valence electrons. The first-order valence-corrected chi connectivity index (χ1v) is 16.3. The maximum Gasteiger partial charge on any atom is 0.315 e. The van der Waals surface area contributed by atoms with Crippen LogP contribution < -0.4 is 21.7 Å². The Bertz CT molecular complexity index is 1220. The van der Waals surface area contributed by atoms with E-state index in [0.29, 0.717) is 25.8 Å². The van der Waals surface area contributed by atoms with Crippen molar-refractivity contribution in [3.63, 3.8) is 0 Å². The maximum absolute atomic E-state index is 14.3. The van der Waals surface area contributed by atoms with E-state index in [0.717, 1.165) is 44.1 Å². The van der Waals surface area contributed by atoms with Crippen molar-refractivity contribution in [2.75, 3.05) is 6.54 Å². The molecule has 1 aliphatic heterocycles. The van der Waals surface area contributed by atoms with E-state index in [9.17, 15) is 24.0 Å². The van der Waals surface area contributed by atoms with Crippen LogP contribution in [-0.4, -0.2) is 64.6 Å². The van der Waals surface area contributed by atoms with E-state index in [-0.39, 0.29) is 29.2 Å². The lowest BCUT2D eigenvalue weighted by Crippen LogP contribution is -2.62. The Balaban J connectivity index is 1.52. The Hall–Kier alpha value is -3.43. The Kier molecular flexibility index (Phi) is 10.4. The molecular weight excluding hydrogens is 558 g/mol. The topological polar surface area (TPSA) is 151 Å². The van der Waals surface area contributed by atoms with E-state index in [1.165, 1.54) is 0 Å². The first kappa shape index (κ1) is 33.5. The van der Waals surface area contributed by atoms with Crippen molar-refractivity contribution in [1.29, 1.82) is 0 Å². The van der Waals surface area contributed by atoms with Gasteiger partial charge >= 0.3 is 6.03 Å². The molecule has 1 saturated heterocycles. The summed E-state index contributed by atoms with van der Waals surface area (Å²) in [5.74, 6) is -2.48. The molecular formula is C34H51N5O5. The monoisotopic (exact) mass is 609 g/mol. The molecule has 5 N–H and O–H groups in total. The molecule has 0 aromatic heterocycles. The van der Waals surface area contributed by atoms with Gasteiger partial charge in [-0.25, -0.2) is 4.79 Å². The maximum atomic E-state index is 14.3. The number of benzene rings is 1.